The van der Waals surface area contributed by atoms with E-state index < -0.39 is 0 Å². The number of hydrogen-bond acceptors (Lipinski definition) is 5. The zero-order valence-electron chi connectivity index (χ0n) is 86.3. The lowest BCUT2D eigenvalue weighted by atomic mass is 9.78. The van der Waals surface area contributed by atoms with Gasteiger partial charge in [-0.15, -0.1) is 0 Å². The monoisotopic (exact) mass is 1610 g/mol. The van der Waals surface area contributed by atoms with Gasteiger partial charge in [0.25, 0.3) is 0 Å². The van der Waals surface area contributed by atoms with Crippen molar-refractivity contribution < 1.29 is 9.84 Å². The molecule has 115 heavy (non-hydrogen) atoms. The minimum absolute atomic E-state index is 0.331. The number of pyridine rings is 1. The van der Waals surface area contributed by atoms with Crippen molar-refractivity contribution in [3.8, 4) is 0 Å². The molecular formula is C110H217N3O2. The van der Waals surface area contributed by atoms with Gasteiger partial charge >= 0.3 is 0 Å². The second-order valence-electron chi connectivity index (χ2n) is 42.2. The van der Waals surface area contributed by atoms with Crippen LogP contribution in [0, 0.1) is 130 Å². The summed E-state index contributed by atoms with van der Waals surface area (Å²) in [6.45, 7) is 97.7. The standard InChI is InChI=1S/C11H23N.C10H14.C9H19N.C9H12.C8H11N.C8H16O.C8H16.C7H14.2C7H16.C6H12.C6H14.C5H12O.C5H12.C4H10/c1-9(2)11-5-7-12(8-6-11)10(3)4;1-9(2)8-10-6-4-3-5-7-10;1-8(2)9-4-6-10(3)7-5-9;1-8(2)9-6-4-3-5-7-9;1-7(2)8-5-3-4-6-9-8;1-7(2)8-3-5-9-6-4-8;1-7(2)8-5-3-4-6-8;1-6(2)7-4-3-5-7;1-6(2)5-7(3)4;1-5-7(4)6(2)3;1-5(2)6-3-4-6;1-5(2)6(3)4;1-5(2)3-4-6;1-4-5(2)3;1-4(2)3/h9-11H,5-8H2,1-4H3;3-7,9H,8H2,1-2H3;8-9H,4-7H2,1-3H3;3-8H,1-2H3;3-7H,1-2H3;7-8H,3-6H2,1-2H3;7-8H,3-6H2,1-2H3;6-7H,3-5H2,1-2H3;2*6-7H,5H2,1-4H3;5-6H,3-4H2,1-2H3;5-6H,1-4H3;5-6H,3-4H2,1-2H3;5H,4H2,1-3H3;4H,1-3H3. The van der Waals surface area contributed by atoms with Crippen LogP contribution in [0.3, 0.4) is 0 Å². The maximum Gasteiger partial charge on any atom is 0.0468 e. The third-order valence-corrected chi connectivity index (χ3v) is 24.0. The molecule has 0 bridgehead atoms. The topological polar surface area (TPSA) is 48.8 Å². The summed E-state index contributed by atoms with van der Waals surface area (Å²) in [5.41, 5.74) is 4.02. The molecule has 684 valence electrons. The summed E-state index contributed by atoms with van der Waals surface area (Å²) in [5, 5.41) is 8.24. The quantitative estimate of drug-likeness (QED) is 0.130. The molecule has 0 amide bonds. The first kappa shape index (κ1) is 123. The van der Waals surface area contributed by atoms with Gasteiger partial charge in [0.05, 0.1) is 0 Å². The third kappa shape index (κ3) is 86.2. The zero-order valence-corrected chi connectivity index (χ0v) is 86.3. The number of nitrogens with zero attached hydrogens (tertiary/aromatic N) is 3. The predicted molar refractivity (Wildman–Crippen MR) is 529 cm³/mol. The second-order valence-corrected chi connectivity index (χ2v) is 42.2. The Hall–Kier alpha value is -2.57. The summed E-state index contributed by atoms with van der Waals surface area (Å²) in [6.07, 6.45) is 29.6. The number of likely N-dealkylation sites (tertiary alicyclic amines) is 2. The highest BCUT2D eigenvalue weighted by Gasteiger charge is 2.25. The predicted octanol–water partition coefficient (Wildman–Crippen LogP) is 34.5. The average molecular weight is 1610 g/mol. The molecule has 0 spiro atoms. The summed E-state index contributed by atoms with van der Waals surface area (Å²) >= 11 is 0. The molecule has 1 atom stereocenters. The lowest BCUT2D eigenvalue weighted by Crippen LogP contribution is -2.39. The smallest absolute Gasteiger partial charge is 0.0468 e. The van der Waals surface area contributed by atoms with Gasteiger partial charge in [0.15, 0.2) is 0 Å². The van der Waals surface area contributed by atoms with Crippen LogP contribution >= 0.6 is 0 Å². The van der Waals surface area contributed by atoms with Crippen molar-refractivity contribution in [2.24, 2.45) is 130 Å². The number of ether oxygens (including phenoxy) is 1. The molecular weight excluding hydrogens is 1400 g/mol. The molecule has 0 radical (unpaired) electrons. The highest BCUT2D eigenvalue weighted by Crippen LogP contribution is 2.36. The van der Waals surface area contributed by atoms with Crippen molar-refractivity contribution in [3.63, 3.8) is 0 Å². The number of hydrogen-bond donors (Lipinski definition) is 1. The fraction of sp³-hybridized carbons (Fsp3) is 0.845. The van der Waals surface area contributed by atoms with E-state index in [2.05, 4.69) is 353 Å². The van der Waals surface area contributed by atoms with Gasteiger partial charge in [0, 0.05) is 37.8 Å². The Morgan fingerprint density at radius 1 is 0.365 bits per heavy atom. The Morgan fingerprint density at radius 3 is 0.904 bits per heavy atom. The highest BCUT2D eigenvalue weighted by molar-refractivity contribution is 5.18. The molecule has 9 rings (SSSR count). The van der Waals surface area contributed by atoms with E-state index in [9.17, 15) is 0 Å². The van der Waals surface area contributed by atoms with E-state index in [0.717, 1.165) is 156 Å². The first-order chi connectivity index (χ1) is 53.6. The summed E-state index contributed by atoms with van der Waals surface area (Å²) in [4.78, 5) is 9.20. The van der Waals surface area contributed by atoms with Crippen molar-refractivity contribution in [2.75, 3.05) is 53.0 Å². The van der Waals surface area contributed by atoms with Gasteiger partial charge in [-0.1, -0.05) is 388 Å². The van der Waals surface area contributed by atoms with Crippen molar-refractivity contribution in [3.05, 3.63) is 102 Å². The molecule has 6 fully saturated rings. The lowest BCUT2D eigenvalue weighted by Gasteiger charge is -2.36. The number of aliphatic hydroxyl groups is 1. The minimum Gasteiger partial charge on any atom is -0.396 e. The summed E-state index contributed by atoms with van der Waals surface area (Å²) in [6, 6.07) is 27.9. The molecule has 5 nitrogen and oxygen atoms in total. The average Bonchev–Trinajstić information content (AvgIpc) is 1.79. The number of aliphatic hydroxyl groups excluding tert-OH is 1. The Bertz CT molecular complexity index is 2220. The molecule has 6 aliphatic rings. The Morgan fingerprint density at radius 2 is 0.713 bits per heavy atom. The SMILES string of the molecule is CC(C)C.CC(C)C(C)C.CC(C)C1CC1.CC(C)C1CCC1.CC(C)C1CCCC1.CC(C)C1CCN(C(C)C)CC1.CC(C)C1CCN(C)CC1.CC(C)C1CCOCC1.CC(C)CC(C)C.CC(C)CCO.CC(C)Cc1ccccc1.CC(C)c1ccccc1.CC(C)c1ccccn1.CCC(C)C.CCC(C)C(C)C. The zero-order chi connectivity index (χ0) is 89.7. The Kier molecular flexibility index (Phi) is 85.6. The third-order valence-electron chi connectivity index (χ3n) is 24.0. The summed E-state index contributed by atoms with van der Waals surface area (Å²) in [7, 11) is 2.22. The van der Waals surface area contributed by atoms with Gasteiger partial charge in [-0.05, 0) is 283 Å². The fourth-order valence-electron chi connectivity index (χ4n) is 13.0. The largest absolute Gasteiger partial charge is 0.396 e. The van der Waals surface area contributed by atoms with Crippen molar-refractivity contribution in [1.82, 2.24) is 14.8 Å². The molecule has 3 saturated carbocycles. The lowest BCUT2D eigenvalue weighted by molar-refractivity contribution is 0.0523. The first-order valence-electron chi connectivity index (χ1n) is 49.3. The fourth-order valence-corrected chi connectivity index (χ4v) is 13.0. The van der Waals surface area contributed by atoms with Crippen LogP contribution in [-0.4, -0.2) is 79.0 Å². The summed E-state index contributed by atoms with van der Waals surface area (Å²) < 4.78 is 5.25. The van der Waals surface area contributed by atoms with Gasteiger partial charge in [-0.25, -0.2) is 0 Å². The normalized spacial score (nSPS) is 16.3. The van der Waals surface area contributed by atoms with Crippen LogP contribution in [-0.2, 0) is 11.2 Å². The van der Waals surface area contributed by atoms with Crippen LogP contribution < -0.4 is 0 Å². The van der Waals surface area contributed by atoms with Crippen molar-refractivity contribution in [1.29, 1.82) is 0 Å². The van der Waals surface area contributed by atoms with E-state index in [-0.39, 0.29) is 0 Å². The van der Waals surface area contributed by atoms with Crippen molar-refractivity contribution >= 4 is 0 Å². The van der Waals surface area contributed by atoms with Gasteiger partial charge in [-0.2, -0.15) is 0 Å². The van der Waals surface area contributed by atoms with Gasteiger partial charge < -0.3 is 19.6 Å². The molecule has 3 aliphatic carbocycles. The molecule has 3 saturated heterocycles. The Labute approximate surface area is 728 Å². The van der Waals surface area contributed by atoms with E-state index in [0.29, 0.717) is 24.4 Å². The van der Waals surface area contributed by atoms with E-state index in [1.807, 2.05) is 30.5 Å². The van der Waals surface area contributed by atoms with Crippen LogP contribution in [0.4, 0.5) is 0 Å². The minimum atomic E-state index is 0.331. The second kappa shape index (κ2) is 79.9. The van der Waals surface area contributed by atoms with Gasteiger partial charge in [-0.3, -0.25) is 4.98 Å². The van der Waals surface area contributed by atoms with Gasteiger partial charge in [0.2, 0.25) is 0 Å². The van der Waals surface area contributed by atoms with Crippen LogP contribution in [0.1, 0.15) is 428 Å². The number of rotatable bonds is 19. The number of benzene rings is 2. The van der Waals surface area contributed by atoms with Crippen molar-refractivity contribution in [2.45, 2.75) is 423 Å². The first-order valence-corrected chi connectivity index (χ1v) is 49.3. The molecule has 3 aromatic rings. The van der Waals surface area contributed by atoms with Crippen LogP contribution in [0.2, 0.25) is 0 Å². The van der Waals surface area contributed by atoms with Crippen LogP contribution in [0.15, 0.2) is 85.1 Å². The highest BCUT2D eigenvalue weighted by atomic mass is 16.5. The van der Waals surface area contributed by atoms with Crippen LogP contribution in [0.5, 0.6) is 0 Å². The summed E-state index contributed by atoms with van der Waals surface area (Å²) in [5.74, 6) is 21.2. The van der Waals surface area contributed by atoms with E-state index in [1.54, 1.807) is 0 Å². The molecule has 5 heteroatoms. The van der Waals surface area contributed by atoms with Crippen LogP contribution in [0.25, 0.3) is 0 Å². The van der Waals surface area contributed by atoms with E-state index in [4.69, 9.17) is 9.84 Å². The molecule has 2 aromatic carbocycles. The van der Waals surface area contributed by atoms with E-state index >= 15 is 0 Å². The molecule has 1 aromatic heterocycles. The number of aromatic nitrogens is 1. The molecule has 4 heterocycles. The number of piperidine rings is 2. The molecule has 1 N–H and O–H groups in total. The maximum absolute atomic E-state index is 8.24. The maximum atomic E-state index is 8.24. The van der Waals surface area contributed by atoms with Gasteiger partial charge in [0.1, 0.15) is 0 Å². The molecule has 1 unspecified atom stereocenters. The Balaban J connectivity index is -0.000000279. The van der Waals surface area contributed by atoms with E-state index in [1.165, 1.54) is 159 Å². The molecule has 3 aliphatic heterocycles.